The quantitative estimate of drug-likeness (QED) is 0.801. The monoisotopic (exact) mass is 355 g/mol. The van der Waals surface area contributed by atoms with Gasteiger partial charge in [0.25, 0.3) is 0 Å². The SMILES string of the molecule is Cc1noc(C)c1CN1CC2(CCCCC2)C[C@@H]1COc1ccncc1. The summed E-state index contributed by atoms with van der Waals surface area (Å²) in [6, 6.07) is 4.31. The average Bonchev–Trinajstić information content (AvgIpc) is 3.16. The van der Waals surface area contributed by atoms with Gasteiger partial charge in [-0.2, -0.15) is 0 Å². The fraction of sp³-hybridized carbons (Fsp3) is 0.619. The lowest BCUT2D eigenvalue weighted by atomic mass is 9.73. The molecule has 4 rings (SSSR count). The van der Waals surface area contributed by atoms with Crippen LogP contribution >= 0.6 is 0 Å². The summed E-state index contributed by atoms with van der Waals surface area (Å²) in [5, 5.41) is 4.14. The van der Waals surface area contributed by atoms with Crippen molar-refractivity contribution in [2.45, 2.75) is 65.0 Å². The first kappa shape index (κ1) is 17.5. The van der Waals surface area contributed by atoms with Gasteiger partial charge < -0.3 is 9.26 Å². The molecule has 0 unspecified atom stereocenters. The van der Waals surface area contributed by atoms with Crippen LogP contribution in [-0.4, -0.2) is 34.2 Å². The Morgan fingerprint density at radius 1 is 1.19 bits per heavy atom. The van der Waals surface area contributed by atoms with Gasteiger partial charge in [0.1, 0.15) is 18.1 Å². The highest BCUT2D eigenvalue weighted by molar-refractivity contribution is 5.21. The number of hydrogen-bond donors (Lipinski definition) is 0. The van der Waals surface area contributed by atoms with E-state index in [0.717, 1.165) is 30.4 Å². The summed E-state index contributed by atoms with van der Waals surface area (Å²) < 4.78 is 11.5. The maximum absolute atomic E-state index is 6.11. The number of ether oxygens (including phenoxy) is 1. The Hall–Kier alpha value is -1.88. The molecule has 1 saturated heterocycles. The number of aryl methyl sites for hydroxylation is 2. The molecule has 1 atom stereocenters. The largest absolute Gasteiger partial charge is 0.492 e. The van der Waals surface area contributed by atoms with Crippen LogP contribution in [0, 0.1) is 19.3 Å². The van der Waals surface area contributed by atoms with Crippen molar-refractivity contribution in [3.05, 3.63) is 41.5 Å². The van der Waals surface area contributed by atoms with Crippen molar-refractivity contribution < 1.29 is 9.26 Å². The highest BCUT2D eigenvalue weighted by Gasteiger charge is 2.44. The van der Waals surface area contributed by atoms with Gasteiger partial charge in [-0.15, -0.1) is 0 Å². The molecule has 2 aliphatic rings. The van der Waals surface area contributed by atoms with Crippen molar-refractivity contribution in [1.29, 1.82) is 0 Å². The second kappa shape index (κ2) is 7.39. The van der Waals surface area contributed by atoms with Gasteiger partial charge in [0.15, 0.2) is 0 Å². The molecule has 0 N–H and O–H groups in total. The summed E-state index contributed by atoms with van der Waals surface area (Å²) in [6.07, 6.45) is 11.7. The molecule has 2 fully saturated rings. The predicted octanol–water partition coefficient (Wildman–Crippen LogP) is 4.29. The van der Waals surface area contributed by atoms with Crippen LogP contribution in [0.4, 0.5) is 0 Å². The van der Waals surface area contributed by atoms with Crippen molar-refractivity contribution in [3.8, 4) is 5.75 Å². The zero-order valence-corrected chi connectivity index (χ0v) is 15.9. The van der Waals surface area contributed by atoms with Crippen LogP contribution in [0.15, 0.2) is 29.0 Å². The lowest BCUT2D eigenvalue weighted by molar-refractivity contribution is 0.159. The molecular formula is C21H29N3O2. The topological polar surface area (TPSA) is 51.4 Å². The summed E-state index contributed by atoms with van der Waals surface area (Å²) in [4.78, 5) is 6.68. The first-order chi connectivity index (χ1) is 12.7. The van der Waals surface area contributed by atoms with E-state index in [1.807, 2.05) is 26.0 Å². The Labute approximate surface area is 155 Å². The lowest BCUT2D eigenvalue weighted by Crippen LogP contribution is -2.34. The second-order valence-electron chi connectivity index (χ2n) is 8.12. The minimum atomic E-state index is 0.440. The molecule has 1 saturated carbocycles. The summed E-state index contributed by atoms with van der Waals surface area (Å²) in [6.45, 7) is 6.87. The molecule has 1 aliphatic carbocycles. The van der Waals surface area contributed by atoms with Crippen LogP contribution < -0.4 is 4.74 Å². The van der Waals surface area contributed by atoms with Crippen LogP contribution in [0.1, 0.15) is 55.5 Å². The maximum Gasteiger partial charge on any atom is 0.138 e. The summed E-state index contributed by atoms with van der Waals surface area (Å²) in [7, 11) is 0. The van der Waals surface area contributed by atoms with E-state index in [9.17, 15) is 0 Å². The summed E-state index contributed by atoms with van der Waals surface area (Å²) >= 11 is 0. The molecule has 5 nitrogen and oxygen atoms in total. The van der Waals surface area contributed by atoms with E-state index in [1.165, 1.54) is 50.6 Å². The van der Waals surface area contributed by atoms with Gasteiger partial charge in [-0.25, -0.2) is 0 Å². The standard InChI is InChI=1S/C21H29N3O2/c1-16-20(17(2)26-23-16)13-24-15-21(8-4-3-5-9-21)12-18(24)14-25-19-6-10-22-11-7-19/h6-7,10-11,18H,3-5,8-9,12-15H2,1-2H3/t18-/m1/s1. The molecule has 3 heterocycles. The molecule has 1 spiro atoms. The Morgan fingerprint density at radius 2 is 1.96 bits per heavy atom. The molecule has 2 aromatic rings. The number of rotatable bonds is 5. The molecule has 26 heavy (non-hydrogen) atoms. The first-order valence-electron chi connectivity index (χ1n) is 9.84. The minimum absolute atomic E-state index is 0.440. The van der Waals surface area contributed by atoms with Gasteiger partial charge >= 0.3 is 0 Å². The van der Waals surface area contributed by atoms with Gasteiger partial charge in [0.05, 0.1) is 5.69 Å². The normalized spacial score (nSPS) is 22.8. The predicted molar refractivity (Wildman–Crippen MR) is 100 cm³/mol. The average molecular weight is 355 g/mol. The third-order valence-corrected chi connectivity index (χ3v) is 6.27. The molecular weight excluding hydrogens is 326 g/mol. The Kier molecular flexibility index (Phi) is 4.98. The van der Waals surface area contributed by atoms with Crippen LogP contribution in [0.25, 0.3) is 0 Å². The van der Waals surface area contributed by atoms with Crippen LogP contribution in [0.3, 0.4) is 0 Å². The highest BCUT2D eigenvalue weighted by Crippen LogP contribution is 2.46. The Balaban J connectivity index is 1.50. The molecule has 0 amide bonds. The molecule has 140 valence electrons. The van der Waals surface area contributed by atoms with Gasteiger partial charge in [-0.1, -0.05) is 24.4 Å². The molecule has 0 radical (unpaired) electrons. The molecule has 2 aromatic heterocycles. The number of nitrogens with zero attached hydrogens (tertiary/aromatic N) is 3. The minimum Gasteiger partial charge on any atom is -0.492 e. The lowest BCUT2D eigenvalue weighted by Gasteiger charge is -2.33. The Morgan fingerprint density at radius 3 is 2.65 bits per heavy atom. The van der Waals surface area contributed by atoms with Gasteiger partial charge in [-0.3, -0.25) is 9.88 Å². The molecule has 0 bridgehead atoms. The zero-order chi connectivity index (χ0) is 18.0. The smallest absolute Gasteiger partial charge is 0.138 e. The molecule has 5 heteroatoms. The van der Waals surface area contributed by atoms with Crippen molar-refractivity contribution in [3.63, 3.8) is 0 Å². The number of likely N-dealkylation sites (tertiary alicyclic amines) is 1. The van der Waals surface area contributed by atoms with E-state index in [2.05, 4.69) is 15.0 Å². The first-order valence-corrected chi connectivity index (χ1v) is 9.84. The van der Waals surface area contributed by atoms with Crippen LogP contribution in [0.2, 0.25) is 0 Å². The number of pyridine rings is 1. The number of hydrogen-bond acceptors (Lipinski definition) is 5. The summed E-state index contributed by atoms with van der Waals surface area (Å²) in [5.74, 6) is 1.85. The van der Waals surface area contributed by atoms with E-state index in [-0.39, 0.29) is 0 Å². The van der Waals surface area contributed by atoms with Crippen LogP contribution in [-0.2, 0) is 6.54 Å². The fourth-order valence-electron chi connectivity index (χ4n) is 4.82. The molecule has 1 aliphatic heterocycles. The van der Waals surface area contributed by atoms with Gasteiger partial charge in [-0.05, 0) is 50.7 Å². The second-order valence-corrected chi connectivity index (χ2v) is 8.12. The van der Waals surface area contributed by atoms with Gasteiger partial charge in [0.2, 0.25) is 0 Å². The van der Waals surface area contributed by atoms with Crippen LogP contribution in [0.5, 0.6) is 5.75 Å². The van der Waals surface area contributed by atoms with E-state index in [4.69, 9.17) is 9.26 Å². The van der Waals surface area contributed by atoms with E-state index in [0.29, 0.717) is 11.5 Å². The van der Waals surface area contributed by atoms with E-state index >= 15 is 0 Å². The van der Waals surface area contributed by atoms with E-state index < -0.39 is 0 Å². The van der Waals surface area contributed by atoms with E-state index in [1.54, 1.807) is 12.4 Å². The molecule has 0 aromatic carbocycles. The Bertz CT molecular complexity index is 703. The zero-order valence-electron chi connectivity index (χ0n) is 15.9. The highest BCUT2D eigenvalue weighted by atomic mass is 16.5. The van der Waals surface area contributed by atoms with Crippen molar-refractivity contribution in [2.24, 2.45) is 5.41 Å². The summed E-state index contributed by atoms with van der Waals surface area (Å²) in [5.41, 5.74) is 2.73. The van der Waals surface area contributed by atoms with Crippen molar-refractivity contribution in [2.75, 3.05) is 13.2 Å². The van der Waals surface area contributed by atoms with Gasteiger partial charge in [0, 0.05) is 37.1 Å². The third kappa shape index (κ3) is 3.63. The third-order valence-electron chi connectivity index (χ3n) is 6.27. The van der Waals surface area contributed by atoms with Crippen molar-refractivity contribution >= 4 is 0 Å². The fourth-order valence-corrected chi connectivity index (χ4v) is 4.82. The number of aromatic nitrogens is 2. The van der Waals surface area contributed by atoms with Crippen molar-refractivity contribution in [1.82, 2.24) is 15.0 Å². The maximum atomic E-state index is 6.11.